The minimum atomic E-state index is -4.08. The van der Waals surface area contributed by atoms with E-state index in [1.807, 2.05) is 24.3 Å². The summed E-state index contributed by atoms with van der Waals surface area (Å²) in [6, 6.07) is 20.5. The van der Waals surface area contributed by atoms with Gasteiger partial charge in [-0.1, -0.05) is 37.3 Å². The monoisotopic (exact) mass is 498 g/mol. The van der Waals surface area contributed by atoms with Crippen molar-refractivity contribution in [2.45, 2.75) is 18.2 Å². The Labute approximate surface area is 206 Å². The lowest BCUT2D eigenvalue weighted by atomic mass is 10.2. The molecule has 0 aliphatic rings. The summed E-state index contributed by atoms with van der Waals surface area (Å²) in [4.78, 5) is 12.7. The number of sulfonamides is 1. The van der Waals surface area contributed by atoms with E-state index in [0.717, 1.165) is 10.7 Å². The topological polar surface area (TPSA) is 94.2 Å². The Morgan fingerprint density at radius 3 is 2.23 bits per heavy atom. The molecule has 3 aromatic rings. The SMILES string of the molecule is CCc1ccc(OCCNC(=O)CN(c2ccccc2)S(=O)(=O)c2ccc(OC)c(OC)c2)cc1. The van der Waals surface area contributed by atoms with Crippen molar-refractivity contribution in [1.82, 2.24) is 5.32 Å². The first kappa shape index (κ1) is 25.9. The first-order chi connectivity index (χ1) is 16.9. The van der Waals surface area contributed by atoms with Crippen LogP contribution in [0.4, 0.5) is 5.69 Å². The van der Waals surface area contributed by atoms with Gasteiger partial charge in [0.25, 0.3) is 10.0 Å². The fraction of sp³-hybridized carbons (Fsp3) is 0.269. The quantitative estimate of drug-likeness (QED) is 0.383. The minimum absolute atomic E-state index is 0.0225. The third-order valence-electron chi connectivity index (χ3n) is 5.30. The molecule has 0 atom stereocenters. The van der Waals surface area contributed by atoms with E-state index in [0.29, 0.717) is 17.2 Å². The second kappa shape index (κ2) is 12.1. The summed E-state index contributed by atoms with van der Waals surface area (Å²) in [6.45, 7) is 2.17. The molecule has 0 bridgehead atoms. The van der Waals surface area contributed by atoms with Gasteiger partial charge in [0.2, 0.25) is 5.91 Å². The van der Waals surface area contributed by atoms with Crippen LogP contribution in [-0.2, 0) is 21.2 Å². The van der Waals surface area contributed by atoms with E-state index in [-0.39, 0.29) is 23.8 Å². The Balaban J connectivity index is 1.71. The standard InChI is InChI=1S/C26H30N2O6S/c1-4-20-10-12-22(13-11-20)34-17-16-27-26(29)19-28(21-8-6-5-7-9-21)35(30,31)23-14-15-24(32-2)25(18-23)33-3/h5-15,18H,4,16-17,19H2,1-3H3,(H,27,29). The summed E-state index contributed by atoms with van der Waals surface area (Å²) in [5.41, 5.74) is 1.58. The van der Waals surface area contributed by atoms with E-state index in [1.54, 1.807) is 30.3 Å². The summed E-state index contributed by atoms with van der Waals surface area (Å²) < 4.78 is 44.2. The molecule has 0 spiro atoms. The highest BCUT2D eigenvalue weighted by atomic mass is 32.2. The highest BCUT2D eigenvalue weighted by Crippen LogP contribution is 2.32. The third kappa shape index (κ3) is 6.66. The normalized spacial score (nSPS) is 10.9. The van der Waals surface area contributed by atoms with Gasteiger partial charge in [0.05, 0.1) is 31.3 Å². The molecule has 0 radical (unpaired) electrons. The molecule has 1 amide bonds. The van der Waals surface area contributed by atoms with Gasteiger partial charge < -0.3 is 19.5 Å². The van der Waals surface area contributed by atoms with Gasteiger partial charge in [-0.05, 0) is 48.4 Å². The average molecular weight is 499 g/mol. The van der Waals surface area contributed by atoms with Crippen molar-refractivity contribution in [2.75, 3.05) is 38.2 Å². The number of anilines is 1. The van der Waals surface area contributed by atoms with Crippen LogP contribution in [0.3, 0.4) is 0 Å². The third-order valence-corrected chi connectivity index (χ3v) is 7.07. The number of carbonyl (C=O) groups is 1. The van der Waals surface area contributed by atoms with E-state index >= 15 is 0 Å². The molecule has 3 rings (SSSR count). The number of amides is 1. The molecule has 0 heterocycles. The van der Waals surface area contributed by atoms with Crippen LogP contribution < -0.4 is 23.8 Å². The Kier molecular flexibility index (Phi) is 8.97. The van der Waals surface area contributed by atoms with Crippen LogP contribution in [0.5, 0.6) is 17.2 Å². The number of hydrogen-bond donors (Lipinski definition) is 1. The van der Waals surface area contributed by atoms with Gasteiger partial charge in [0.15, 0.2) is 11.5 Å². The lowest BCUT2D eigenvalue weighted by molar-refractivity contribution is -0.119. The van der Waals surface area contributed by atoms with Crippen molar-refractivity contribution in [3.63, 3.8) is 0 Å². The highest BCUT2D eigenvalue weighted by molar-refractivity contribution is 7.92. The van der Waals surface area contributed by atoms with Crippen LogP contribution in [0.1, 0.15) is 12.5 Å². The molecule has 9 heteroatoms. The molecule has 186 valence electrons. The average Bonchev–Trinajstić information content (AvgIpc) is 2.90. The molecule has 8 nitrogen and oxygen atoms in total. The van der Waals surface area contributed by atoms with Gasteiger partial charge in [-0.15, -0.1) is 0 Å². The molecular weight excluding hydrogens is 468 g/mol. The largest absolute Gasteiger partial charge is 0.493 e. The summed E-state index contributed by atoms with van der Waals surface area (Å²) >= 11 is 0. The lowest BCUT2D eigenvalue weighted by Gasteiger charge is -2.24. The number of para-hydroxylation sites is 1. The molecule has 0 aliphatic carbocycles. The van der Waals surface area contributed by atoms with E-state index < -0.39 is 22.5 Å². The van der Waals surface area contributed by atoms with Crippen molar-refractivity contribution in [2.24, 2.45) is 0 Å². The van der Waals surface area contributed by atoms with Crippen molar-refractivity contribution in [1.29, 1.82) is 0 Å². The molecule has 0 fully saturated rings. The van der Waals surface area contributed by atoms with E-state index in [1.165, 1.54) is 38.0 Å². The van der Waals surface area contributed by atoms with E-state index in [9.17, 15) is 13.2 Å². The number of methoxy groups -OCH3 is 2. The Hall–Kier alpha value is -3.72. The number of rotatable bonds is 12. The zero-order valence-corrected chi connectivity index (χ0v) is 20.9. The maximum atomic E-state index is 13.5. The van der Waals surface area contributed by atoms with E-state index in [4.69, 9.17) is 14.2 Å². The second-order valence-corrected chi connectivity index (χ2v) is 9.42. The number of nitrogens with zero attached hydrogens (tertiary/aromatic N) is 1. The molecular formula is C26H30N2O6S. The van der Waals surface area contributed by atoms with Crippen LogP contribution in [0.2, 0.25) is 0 Å². The number of nitrogens with one attached hydrogen (secondary N) is 1. The van der Waals surface area contributed by atoms with Gasteiger partial charge >= 0.3 is 0 Å². The van der Waals surface area contributed by atoms with Crippen LogP contribution in [0.15, 0.2) is 77.7 Å². The molecule has 0 unspecified atom stereocenters. The smallest absolute Gasteiger partial charge is 0.264 e. The summed E-state index contributed by atoms with van der Waals surface area (Å²) in [6.07, 6.45) is 0.945. The Bertz CT molecular complexity index is 1210. The Morgan fingerprint density at radius 2 is 1.60 bits per heavy atom. The molecule has 0 saturated heterocycles. The fourth-order valence-corrected chi connectivity index (χ4v) is 4.82. The first-order valence-corrected chi connectivity index (χ1v) is 12.6. The van der Waals surface area contributed by atoms with Gasteiger partial charge in [-0.25, -0.2) is 8.42 Å². The maximum absolute atomic E-state index is 13.5. The van der Waals surface area contributed by atoms with Crippen LogP contribution in [-0.4, -0.2) is 48.2 Å². The van der Waals surface area contributed by atoms with Gasteiger partial charge in [0.1, 0.15) is 18.9 Å². The van der Waals surface area contributed by atoms with Gasteiger partial charge in [-0.2, -0.15) is 0 Å². The molecule has 3 aromatic carbocycles. The number of carbonyl (C=O) groups excluding carboxylic acids is 1. The number of hydrogen-bond acceptors (Lipinski definition) is 6. The van der Waals surface area contributed by atoms with Gasteiger partial charge in [0, 0.05) is 6.07 Å². The summed E-state index contributed by atoms with van der Waals surface area (Å²) in [5, 5.41) is 2.73. The number of ether oxygens (including phenoxy) is 3. The van der Waals surface area contributed by atoms with Crippen molar-refractivity contribution < 1.29 is 27.4 Å². The Morgan fingerprint density at radius 1 is 0.914 bits per heavy atom. The van der Waals surface area contributed by atoms with Crippen molar-refractivity contribution in [3.8, 4) is 17.2 Å². The summed E-state index contributed by atoms with van der Waals surface area (Å²) in [5.74, 6) is 0.927. The van der Waals surface area contributed by atoms with Gasteiger partial charge in [-0.3, -0.25) is 9.10 Å². The zero-order valence-electron chi connectivity index (χ0n) is 20.1. The second-order valence-electron chi connectivity index (χ2n) is 7.56. The maximum Gasteiger partial charge on any atom is 0.264 e. The predicted octanol–water partition coefficient (Wildman–Crippen LogP) is 3.66. The molecule has 35 heavy (non-hydrogen) atoms. The van der Waals surface area contributed by atoms with Crippen LogP contribution in [0, 0.1) is 0 Å². The van der Waals surface area contributed by atoms with E-state index in [2.05, 4.69) is 12.2 Å². The number of benzene rings is 3. The first-order valence-electron chi connectivity index (χ1n) is 11.2. The fourth-order valence-electron chi connectivity index (χ4n) is 3.38. The highest BCUT2D eigenvalue weighted by Gasteiger charge is 2.28. The van der Waals surface area contributed by atoms with Crippen molar-refractivity contribution in [3.05, 3.63) is 78.4 Å². The van der Waals surface area contributed by atoms with Crippen molar-refractivity contribution >= 4 is 21.6 Å². The molecule has 0 aliphatic heterocycles. The molecule has 1 N–H and O–H groups in total. The lowest BCUT2D eigenvalue weighted by Crippen LogP contribution is -2.41. The zero-order chi connectivity index (χ0) is 25.3. The van der Waals surface area contributed by atoms with Crippen LogP contribution >= 0.6 is 0 Å². The molecule has 0 aromatic heterocycles. The number of aryl methyl sites for hydroxylation is 1. The predicted molar refractivity (Wildman–Crippen MR) is 135 cm³/mol. The molecule has 0 saturated carbocycles. The van der Waals surface area contributed by atoms with Crippen LogP contribution in [0.25, 0.3) is 0 Å². The summed E-state index contributed by atoms with van der Waals surface area (Å²) in [7, 11) is -1.19. The minimum Gasteiger partial charge on any atom is -0.493 e.